The number of hydrogen-bond donors (Lipinski definition) is 1. The van der Waals surface area contributed by atoms with Crippen LogP contribution in [0.15, 0.2) is 72.8 Å². The largest absolute Gasteiger partial charge is 0.489 e. The van der Waals surface area contributed by atoms with Crippen molar-refractivity contribution in [3.8, 4) is 16.9 Å². The van der Waals surface area contributed by atoms with E-state index in [1.165, 1.54) is 55.2 Å². The Kier molecular flexibility index (Phi) is 5.79. The van der Waals surface area contributed by atoms with E-state index in [9.17, 15) is 4.79 Å². The van der Waals surface area contributed by atoms with Gasteiger partial charge in [0, 0.05) is 16.5 Å². The summed E-state index contributed by atoms with van der Waals surface area (Å²) in [5.74, 6) is 3.33. The van der Waals surface area contributed by atoms with Crippen LogP contribution in [0.2, 0.25) is 0 Å². The smallest absolute Gasteiger partial charge is 0.354 e. The number of carbonyl (C=O) groups excluding carboxylic acids is 1. The Labute approximate surface area is 224 Å². The van der Waals surface area contributed by atoms with Gasteiger partial charge in [0.15, 0.2) is 0 Å². The number of H-pyrrole nitrogens is 1. The first-order chi connectivity index (χ1) is 18.6. The van der Waals surface area contributed by atoms with Gasteiger partial charge in [-0.25, -0.2) is 4.79 Å². The molecule has 0 radical (unpaired) electrons. The van der Waals surface area contributed by atoms with E-state index >= 15 is 0 Å². The molecule has 4 nitrogen and oxygen atoms in total. The third kappa shape index (κ3) is 4.20. The maximum atomic E-state index is 12.3. The fourth-order valence-electron chi connectivity index (χ4n) is 8.05. The fourth-order valence-corrected chi connectivity index (χ4v) is 8.05. The monoisotopic (exact) mass is 505 g/mol. The van der Waals surface area contributed by atoms with E-state index < -0.39 is 0 Å². The highest BCUT2D eigenvalue weighted by Gasteiger charge is 2.52. The second-order valence-corrected chi connectivity index (χ2v) is 11.9. The van der Waals surface area contributed by atoms with E-state index in [0.29, 0.717) is 18.9 Å². The van der Waals surface area contributed by atoms with Crippen LogP contribution in [-0.4, -0.2) is 17.6 Å². The maximum absolute atomic E-state index is 12.3. The van der Waals surface area contributed by atoms with Crippen LogP contribution in [0.25, 0.3) is 22.0 Å². The van der Waals surface area contributed by atoms with Crippen molar-refractivity contribution in [2.24, 2.45) is 17.8 Å². The van der Waals surface area contributed by atoms with Gasteiger partial charge >= 0.3 is 5.97 Å². The molecule has 0 aliphatic heterocycles. The number of aromatic amines is 1. The van der Waals surface area contributed by atoms with Crippen LogP contribution in [0.4, 0.5) is 0 Å². The number of hydrogen-bond acceptors (Lipinski definition) is 3. The van der Waals surface area contributed by atoms with Crippen LogP contribution < -0.4 is 4.74 Å². The SMILES string of the molecule is CCOC(=O)c1cc2ccc(-c3ccc(OCc4ccccc4)c(C45CC6CC(CC(C6)C4)C5)c3)cc2[nH]1. The Balaban J connectivity index is 1.27. The van der Waals surface area contributed by atoms with Crippen LogP contribution in [0.5, 0.6) is 5.75 Å². The third-order valence-corrected chi connectivity index (χ3v) is 9.28. The van der Waals surface area contributed by atoms with E-state index in [4.69, 9.17) is 9.47 Å². The van der Waals surface area contributed by atoms with Crippen LogP contribution in [0, 0.1) is 17.8 Å². The van der Waals surface area contributed by atoms with Crippen LogP contribution in [0.1, 0.15) is 67.1 Å². The van der Waals surface area contributed by atoms with Gasteiger partial charge in [0.05, 0.1) is 6.61 Å². The summed E-state index contributed by atoms with van der Waals surface area (Å²) in [6, 6.07) is 25.6. The molecule has 3 aromatic carbocycles. The Morgan fingerprint density at radius 1 is 0.868 bits per heavy atom. The third-order valence-electron chi connectivity index (χ3n) is 9.28. The van der Waals surface area contributed by atoms with Gasteiger partial charge in [-0.05, 0) is 110 Å². The molecule has 1 aromatic heterocycles. The highest BCUT2D eigenvalue weighted by molar-refractivity contribution is 5.96. The molecule has 4 fully saturated rings. The number of fused-ring (bicyclic) bond motifs is 1. The molecule has 4 aliphatic carbocycles. The number of nitrogens with one attached hydrogen (secondary N) is 1. The van der Waals surface area contributed by atoms with Crippen molar-refractivity contribution in [1.29, 1.82) is 0 Å². The summed E-state index contributed by atoms with van der Waals surface area (Å²) in [4.78, 5) is 15.5. The standard InChI is InChI=1S/C34H35NO3/c1-2-37-33(36)31-17-28-9-8-27(16-30(28)35-31)26-10-11-32(38-21-22-6-4-3-5-7-22)29(15-26)34-18-23-12-24(19-34)14-25(13-23)20-34/h3-11,15-17,23-25,35H,2,12-14,18-21H2,1H3. The van der Waals surface area contributed by atoms with E-state index in [2.05, 4.69) is 71.7 Å². The predicted octanol–water partition coefficient (Wildman–Crippen LogP) is 8.06. The second-order valence-electron chi connectivity index (χ2n) is 11.9. The average molecular weight is 506 g/mol. The van der Waals surface area contributed by atoms with Gasteiger partial charge in [0.2, 0.25) is 0 Å². The summed E-state index contributed by atoms with van der Waals surface area (Å²) in [7, 11) is 0. The first-order valence-corrected chi connectivity index (χ1v) is 14.2. The quantitative estimate of drug-likeness (QED) is 0.258. The van der Waals surface area contributed by atoms with E-state index in [-0.39, 0.29) is 11.4 Å². The number of aromatic nitrogens is 1. The molecule has 4 aliphatic rings. The molecule has 1 N–H and O–H groups in total. The summed E-state index contributed by atoms with van der Waals surface area (Å²) >= 11 is 0. The number of rotatable bonds is 7. The molecule has 8 rings (SSSR count). The van der Waals surface area contributed by atoms with Crippen molar-refractivity contribution in [1.82, 2.24) is 4.98 Å². The van der Waals surface area contributed by atoms with Crippen molar-refractivity contribution in [2.45, 2.75) is 57.5 Å². The summed E-state index contributed by atoms with van der Waals surface area (Å²) in [5, 5.41) is 1.01. The molecule has 38 heavy (non-hydrogen) atoms. The number of esters is 1. The summed E-state index contributed by atoms with van der Waals surface area (Å²) in [6.45, 7) is 2.78. The molecule has 4 saturated carbocycles. The Hall–Kier alpha value is -3.53. The zero-order chi connectivity index (χ0) is 25.7. The van der Waals surface area contributed by atoms with Crippen molar-refractivity contribution in [3.63, 3.8) is 0 Å². The lowest BCUT2D eigenvalue weighted by atomic mass is 9.48. The van der Waals surface area contributed by atoms with E-state index in [0.717, 1.165) is 40.0 Å². The van der Waals surface area contributed by atoms with Gasteiger partial charge in [-0.1, -0.05) is 48.5 Å². The summed E-state index contributed by atoms with van der Waals surface area (Å²) < 4.78 is 11.8. The number of benzene rings is 3. The Morgan fingerprint density at radius 3 is 2.26 bits per heavy atom. The van der Waals surface area contributed by atoms with Crippen molar-refractivity contribution < 1.29 is 14.3 Å². The lowest BCUT2D eigenvalue weighted by Crippen LogP contribution is -2.48. The minimum Gasteiger partial charge on any atom is -0.489 e. The lowest BCUT2D eigenvalue weighted by molar-refractivity contribution is -0.00645. The maximum Gasteiger partial charge on any atom is 0.354 e. The van der Waals surface area contributed by atoms with Gasteiger partial charge < -0.3 is 14.5 Å². The average Bonchev–Trinajstić information content (AvgIpc) is 3.36. The van der Waals surface area contributed by atoms with Crippen LogP contribution in [-0.2, 0) is 16.8 Å². The number of ether oxygens (including phenoxy) is 2. The van der Waals surface area contributed by atoms with Gasteiger partial charge in [-0.2, -0.15) is 0 Å². The van der Waals surface area contributed by atoms with Crippen molar-refractivity contribution in [3.05, 3.63) is 89.6 Å². The van der Waals surface area contributed by atoms with Crippen LogP contribution in [0.3, 0.4) is 0 Å². The first-order valence-electron chi connectivity index (χ1n) is 14.2. The normalized spacial score (nSPS) is 25.6. The molecule has 0 unspecified atom stereocenters. The second kappa shape index (κ2) is 9.34. The van der Waals surface area contributed by atoms with E-state index in [1.807, 2.05) is 13.0 Å². The van der Waals surface area contributed by atoms with Gasteiger partial charge in [0.25, 0.3) is 0 Å². The van der Waals surface area contributed by atoms with Gasteiger partial charge in [-0.3, -0.25) is 0 Å². The van der Waals surface area contributed by atoms with Crippen molar-refractivity contribution >= 4 is 16.9 Å². The highest BCUT2D eigenvalue weighted by atomic mass is 16.5. The molecule has 0 spiro atoms. The molecule has 0 saturated heterocycles. The molecule has 1 heterocycles. The molecular formula is C34H35NO3. The molecule has 4 heteroatoms. The fraction of sp³-hybridized carbons (Fsp3) is 0.382. The number of carbonyl (C=O) groups is 1. The minimum absolute atomic E-state index is 0.227. The van der Waals surface area contributed by atoms with Crippen LogP contribution >= 0.6 is 0 Å². The van der Waals surface area contributed by atoms with Gasteiger partial charge in [-0.15, -0.1) is 0 Å². The molecule has 0 amide bonds. The van der Waals surface area contributed by atoms with E-state index in [1.54, 1.807) is 0 Å². The molecule has 194 valence electrons. The Bertz CT molecular complexity index is 1450. The molecular weight excluding hydrogens is 470 g/mol. The summed E-state index contributed by atoms with van der Waals surface area (Å²) in [6.07, 6.45) is 8.15. The summed E-state index contributed by atoms with van der Waals surface area (Å²) in [5.41, 5.74) is 6.63. The van der Waals surface area contributed by atoms with Crippen molar-refractivity contribution in [2.75, 3.05) is 6.61 Å². The first kappa shape index (κ1) is 23.6. The predicted molar refractivity (Wildman–Crippen MR) is 150 cm³/mol. The highest BCUT2D eigenvalue weighted by Crippen LogP contribution is 2.62. The Morgan fingerprint density at radius 2 is 1.55 bits per heavy atom. The minimum atomic E-state index is -0.311. The topological polar surface area (TPSA) is 51.3 Å². The zero-order valence-corrected chi connectivity index (χ0v) is 22.0. The van der Waals surface area contributed by atoms with Gasteiger partial charge in [0.1, 0.15) is 18.1 Å². The zero-order valence-electron chi connectivity index (χ0n) is 22.0. The molecule has 0 atom stereocenters. The molecule has 4 aromatic rings. The lowest BCUT2D eigenvalue weighted by Gasteiger charge is -2.57. The molecule has 4 bridgehead atoms.